The molecule has 0 saturated heterocycles. The van der Waals surface area contributed by atoms with E-state index >= 15 is 0 Å². The van der Waals surface area contributed by atoms with Crippen molar-refractivity contribution < 1.29 is 4.52 Å². The molecule has 0 aliphatic carbocycles. The maximum atomic E-state index is 5.35. The molecule has 0 unspecified atom stereocenters. The Labute approximate surface area is 124 Å². The van der Waals surface area contributed by atoms with E-state index in [1.165, 1.54) is 10.9 Å². The SMILES string of the molecule is CCc1cc(CN(C)Cc2ccnc3ccccc23)on1. The Balaban J connectivity index is 1.75. The normalized spacial score (nSPS) is 11.4. The molecule has 108 valence electrons. The van der Waals surface area contributed by atoms with Crippen molar-refractivity contribution in [3.63, 3.8) is 0 Å². The average molecular weight is 281 g/mol. The Morgan fingerprint density at radius 2 is 2.00 bits per heavy atom. The first-order chi connectivity index (χ1) is 10.3. The van der Waals surface area contributed by atoms with E-state index in [0.29, 0.717) is 0 Å². The first-order valence-corrected chi connectivity index (χ1v) is 7.22. The lowest BCUT2D eigenvalue weighted by atomic mass is 10.1. The van der Waals surface area contributed by atoms with Gasteiger partial charge in [0.1, 0.15) is 0 Å². The van der Waals surface area contributed by atoms with E-state index in [9.17, 15) is 0 Å². The lowest BCUT2D eigenvalue weighted by Crippen LogP contribution is -2.17. The molecule has 3 aromatic rings. The van der Waals surface area contributed by atoms with Crippen LogP contribution in [0.3, 0.4) is 0 Å². The number of benzene rings is 1. The minimum absolute atomic E-state index is 0.754. The van der Waals surface area contributed by atoms with Crippen LogP contribution >= 0.6 is 0 Å². The largest absolute Gasteiger partial charge is 0.360 e. The van der Waals surface area contributed by atoms with Crippen LogP contribution in [0.25, 0.3) is 10.9 Å². The van der Waals surface area contributed by atoms with Crippen molar-refractivity contribution in [2.24, 2.45) is 0 Å². The van der Waals surface area contributed by atoms with Crippen LogP contribution < -0.4 is 0 Å². The third-order valence-electron chi connectivity index (χ3n) is 3.58. The summed E-state index contributed by atoms with van der Waals surface area (Å²) in [5.74, 6) is 0.910. The molecule has 3 rings (SSSR count). The van der Waals surface area contributed by atoms with Crippen molar-refractivity contribution in [3.05, 3.63) is 59.6 Å². The van der Waals surface area contributed by atoms with E-state index < -0.39 is 0 Å². The Hall–Kier alpha value is -2.20. The summed E-state index contributed by atoms with van der Waals surface area (Å²) in [7, 11) is 2.09. The second-order valence-corrected chi connectivity index (χ2v) is 5.30. The van der Waals surface area contributed by atoms with Crippen LogP contribution in [0.5, 0.6) is 0 Å². The Bertz CT molecular complexity index is 730. The molecule has 0 aliphatic rings. The smallest absolute Gasteiger partial charge is 0.150 e. The third-order valence-corrected chi connectivity index (χ3v) is 3.58. The van der Waals surface area contributed by atoms with Crippen LogP contribution in [0.4, 0.5) is 0 Å². The average Bonchev–Trinajstić information content (AvgIpc) is 2.95. The molecule has 0 spiro atoms. The Morgan fingerprint density at radius 3 is 2.81 bits per heavy atom. The number of fused-ring (bicyclic) bond motifs is 1. The van der Waals surface area contributed by atoms with Gasteiger partial charge in [-0.25, -0.2) is 0 Å². The molecule has 0 bridgehead atoms. The van der Waals surface area contributed by atoms with Crippen molar-refractivity contribution >= 4 is 10.9 Å². The zero-order valence-corrected chi connectivity index (χ0v) is 12.4. The number of pyridine rings is 1. The lowest BCUT2D eigenvalue weighted by Gasteiger charge is -2.16. The van der Waals surface area contributed by atoms with Gasteiger partial charge in [0, 0.05) is 24.2 Å². The third kappa shape index (κ3) is 3.11. The summed E-state index contributed by atoms with van der Waals surface area (Å²) >= 11 is 0. The summed E-state index contributed by atoms with van der Waals surface area (Å²) in [5.41, 5.74) is 3.32. The van der Waals surface area contributed by atoms with Crippen LogP contribution in [0.15, 0.2) is 47.1 Å². The summed E-state index contributed by atoms with van der Waals surface area (Å²) in [6, 6.07) is 12.3. The van der Waals surface area contributed by atoms with Gasteiger partial charge in [0.05, 0.1) is 17.8 Å². The Morgan fingerprint density at radius 1 is 1.14 bits per heavy atom. The van der Waals surface area contributed by atoms with Crippen molar-refractivity contribution in [2.75, 3.05) is 7.05 Å². The molecule has 0 amide bonds. The van der Waals surface area contributed by atoms with Gasteiger partial charge in [-0.2, -0.15) is 0 Å². The molecule has 0 radical (unpaired) electrons. The predicted molar refractivity (Wildman–Crippen MR) is 82.8 cm³/mol. The number of rotatable bonds is 5. The topological polar surface area (TPSA) is 42.2 Å². The number of para-hydroxylation sites is 1. The van der Waals surface area contributed by atoms with Gasteiger partial charge in [-0.05, 0) is 31.2 Å². The summed E-state index contributed by atoms with van der Waals surface area (Å²) in [6.07, 6.45) is 2.78. The van der Waals surface area contributed by atoms with Crippen LogP contribution in [-0.2, 0) is 19.5 Å². The van der Waals surface area contributed by atoms with Crippen molar-refractivity contribution in [1.29, 1.82) is 0 Å². The van der Waals surface area contributed by atoms with Crippen LogP contribution in [-0.4, -0.2) is 22.1 Å². The zero-order valence-electron chi connectivity index (χ0n) is 12.4. The molecule has 2 heterocycles. The summed E-state index contributed by atoms with van der Waals surface area (Å²) < 4.78 is 5.35. The van der Waals surface area contributed by atoms with E-state index in [1.54, 1.807) is 0 Å². The fourth-order valence-electron chi connectivity index (χ4n) is 2.50. The minimum Gasteiger partial charge on any atom is -0.360 e. The van der Waals surface area contributed by atoms with Gasteiger partial charge in [-0.3, -0.25) is 9.88 Å². The maximum absolute atomic E-state index is 5.35. The monoisotopic (exact) mass is 281 g/mol. The highest BCUT2D eigenvalue weighted by Crippen LogP contribution is 2.18. The molecule has 2 aromatic heterocycles. The first kappa shape index (κ1) is 13.8. The Kier molecular flexibility index (Phi) is 3.97. The van der Waals surface area contributed by atoms with E-state index in [2.05, 4.69) is 47.2 Å². The first-order valence-electron chi connectivity index (χ1n) is 7.22. The van der Waals surface area contributed by atoms with E-state index in [-0.39, 0.29) is 0 Å². The molecular weight excluding hydrogens is 262 g/mol. The zero-order chi connectivity index (χ0) is 14.7. The van der Waals surface area contributed by atoms with Gasteiger partial charge in [-0.15, -0.1) is 0 Å². The summed E-state index contributed by atoms with van der Waals surface area (Å²) in [4.78, 5) is 6.62. The lowest BCUT2D eigenvalue weighted by molar-refractivity contribution is 0.266. The van der Waals surface area contributed by atoms with E-state index in [1.807, 2.05) is 24.4 Å². The fraction of sp³-hybridized carbons (Fsp3) is 0.294. The molecule has 4 heteroatoms. The molecule has 1 aromatic carbocycles. The van der Waals surface area contributed by atoms with Crippen LogP contribution in [0.2, 0.25) is 0 Å². The highest BCUT2D eigenvalue weighted by atomic mass is 16.5. The minimum atomic E-state index is 0.754. The molecule has 0 saturated carbocycles. The number of aromatic nitrogens is 2. The summed E-state index contributed by atoms with van der Waals surface area (Å²) in [6.45, 7) is 3.68. The quantitative estimate of drug-likeness (QED) is 0.718. The van der Waals surface area contributed by atoms with Crippen molar-refractivity contribution in [3.8, 4) is 0 Å². The van der Waals surface area contributed by atoms with E-state index in [0.717, 1.165) is 36.5 Å². The number of nitrogens with zero attached hydrogens (tertiary/aromatic N) is 3. The standard InChI is InChI=1S/C17H19N3O/c1-3-14-10-15(21-19-14)12-20(2)11-13-8-9-18-17-7-5-4-6-16(13)17/h4-10H,3,11-12H2,1-2H3. The van der Waals surface area contributed by atoms with Gasteiger partial charge in [0.2, 0.25) is 0 Å². The molecule has 0 aliphatic heterocycles. The second-order valence-electron chi connectivity index (χ2n) is 5.30. The van der Waals surface area contributed by atoms with Crippen LogP contribution in [0.1, 0.15) is 23.9 Å². The summed E-state index contributed by atoms with van der Waals surface area (Å²) in [5, 5.41) is 5.24. The van der Waals surface area contributed by atoms with Gasteiger partial charge in [-0.1, -0.05) is 30.3 Å². The highest BCUT2D eigenvalue weighted by Gasteiger charge is 2.09. The predicted octanol–water partition coefficient (Wildman–Crippen LogP) is 3.42. The molecule has 0 atom stereocenters. The van der Waals surface area contributed by atoms with Gasteiger partial charge in [0.15, 0.2) is 5.76 Å². The molecule has 0 N–H and O–H groups in total. The van der Waals surface area contributed by atoms with Crippen molar-refractivity contribution in [1.82, 2.24) is 15.0 Å². The van der Waals surface area contributed by atoms with Crippen LogP contribution in [0, 0.1) is 0 Å². The highest BCUT2D eigenvalue weighted by molar-refractivity contribution is 5.81. The maximum Gasteiger partial charge on any atom is 0.150 e. The van der Waals surface area contributed by atoms with E-state index in [4.69, 9.17) is 4.52 Å². The molecule has 0 fully saturated rings. The number of aryl methyl sites for hydroxylation is 1. The van der Waals surface area contributed by atoms with Crippen molar-refractivity contribution in [2.45, 2.75) is 26.4 Å². The molecule has 4 nitrogen and oxygen atoms in total. The molecular formula is C17H19N3O. The number of hydrogen-bond donors (Lipinski definition) is 0. The second kappa shape index (κ2) is 6.06. The number of hydrogen-bond acceptors (Lipinski definition) is 4. The molecule has 21 heavy (non-hydrogen) atoms. The van der Waals surface area contributed by atoms with Gasteiger partial charge >= 0.3 is 0 Å². The van der Waals surface area contributed by atoms with Gasteiger partial charge < -0.3 is 4.52 Å². The van der Waals surface area contributed by atoms with Gasteiger partial charge in [0.25, 0.3) is 0 Å². The fourth-order valence-corrected chi connectivity index (χ4v) is 2.50.